The van der Waals surface area contributed by atoms with E-state index in [9.17, 15) is 18.4 Å². The first kappa shape index (κ1) is 17.4. The van der Waals surface area contributed by atoms with E-state index in [4.69, 9.17) is 4.74 Å². The minimum Gasteiger partial charge on any atom is -0.465 e. The number of Topliss-reactive ketones (excluding diaryl/α,β-unsaturated/α-hetero) is 1. The molecule has 4 nitrogen and oxygen atoms in total. The molecule has 138 valence electrons. The minimum absolute atomic E-state index is 0.00346. The lowest BCUT2D eigenvalue weighted by atomic mass is 9.96. The second kappa shape index (κ2) is 6.61. The smallest absolute Gasteiger partial charge is 0.338 e. The molecule has 0 amide bonds. The van der Waals surface area contributed by atoms with Crippen LogP contribution in [0.3, 0.4) is 0 Å². The van der Waals surface area contributed by atoms with Crippen LogP contribution in [0.15, 0.2) is 36.4 Å². The van der Waals surface area contributed by atoms with E-state index in [0.29, 0.717) is 40.1 Å². The molecular formula is C21H17F2NO3. The Balaban J connectivity index is 1.99. The van der Waals surface area contributed by atoms with Gasteiger partial charge in [0.1, 0.15) is 11.6 Å². The Morgan fingerprint density at radius 3 is 2.44 bits per heavy atom. The van der Waals surface area contributed by atoms with Gasteiger partial charge in [0, 0.05) is 11.8 Å². The van der Waals surface area contributed by atoms with Crippen LogP contribution in [0.4, 0.5) is 8.78 Å². The zero-order valence-electron chi connectivity index (χ0n) is 14.6. The van der Waals surface area contributed by atoms with Crippen molar-refractivity contribution in [1.82, 2.24) is 4.98 Å². The van der Waals surface area contributed by atoms with Crippen LogP contribution >= 0.6 is 0 Å². The molecule has 0 radical (unpaired) electrons. The van der Waals surface area contributed by atoms with Gasteiger partial charge in [0.15, 0.2) is 5.78 Å². The summed E-state index contributed by atoms with van der Waals surface area (Å²) in [6.07, 6.45) is 2.36. The second-order valence-electron chi connectivity index (χ2n) is 6.82. The van der Waals surface area contributed by atoms with Crippen molar-refractivity contribution in [2.75, 3.05) is 7.11 Å². The summed E-state index contributed by atoms with van der Waals surface area (Å²) >= 11 is 0. The van der Waals surface area contributed by atoms with Crippen molar-refractivity contribution in [2.24, 2.45) is 5.92 Å². The van der Waals surface area contributed by atoms with E-state index in [-0.39, 0.29) is 11.3 Å². The largest absolute Gasteiger partial charge is 0.465 e. The van der Waals surface area contributed by atoms with Gasteiger partial charge in [-0.1, -0.05) is 0 Å². The average molecular weight is 369 g/mol. The summed E-state index contributed by atoms with van der Waals surface area (Å²) in [5, 5.41) is 0.341. The van der Waals surface area contributed by atoms with Crippen LogP contribution in [0, 0.1) is 17.6 Å². The highest BCUT2D eigenvalue weighted by Gasteiger charge is 2.30. The predicted octanol–water partition coefficient (Wildman–Crippen LogP) is 4.88. The molecule has 6 heteroatoms. The van der Waals surface area contributed by atoms with Gasteiger partial charge in [-0.15, -0.1) is 0 Å². The first-order valence-corrected chi connectivity index (χ1v) is 8.70. The number of nitrogens with one attached hydrogen (secondary N) is 1. The van der Waals surface area contributed by atoms with Crippen molar-refractivity contribution in [3.05, 3.63) is 59.2 Å². The lowest BCUT2D eigenvalue weighted by Gasteiger charge is -2.07. The lowest BCUT2D eigenvalue weighted by Crippen LogP contribution is -2.07. The Labute approximate surface area is 154 Å². The number of H-pyrrole nitrogens is 1. The number of methoxy groups -OCH3 is 1. The molecular weight excluding hydrogens is 352 g/mol. The van der Waals surface area contributed by atoms with Crippen LogP contribution in [0.2, 0.25) is 0 Å². The van der Waals surface area contributed by atoms with Gasteiger partial charge in [-0.05, 0) is 60.7 Å². The number of rotatable bonds is 5. The van der Waals surface area contributed by atoms with E-state index in [1.807, 2.05) is 0 Å². The van der Waals surface area contributed by atoms with Crippen LogP contribution in [-0.2, 0) is 4.74 Å². The van der Waals surface area contributed by atoms with Gasteiger partial charge in [0.2, 0.25) is 0 Å². The third kappa shape index (κ3) is 3.23. The van der Waals surface area contributed by atoms with Crippen LogP contribution in [0.25, 0.3) is 22.2 Å². The van der Waals surface area contributed by atoms with E-state index in [1.165, 1.54) is 25.3 Å². The number of carbonyl (C=O) groups excluding carboxylic acids is 2. The predicted molar refractivity (Wildman–Crippen MR) is 96.7 cm³/mol. The number of aromatic nitrogens is 1. The van der Waals surface area contributed by atoms with Gasteiger partial charge in [-0.2, -0.15) is 0 Å². The van der Waals surface area contributed by atoms with Gasteiger partial charge < -0.3 is 9.72 Å². The first-order valence-electron chi connectivity index (χ1n) is 8.70. The minimum atomic E-state index is -0.718. The summed E-state index contributed by atoms with van der Waals surface area (Å²) in [6.45, 7) is 0. The number of aromatic amines is 1. The Morgan fingerprint density at radius 1 is 1.11 bits per heavy atom. The van der Waals surface area contributed by atoms with Crippen LogP contribution < -0.4 is 0 Å². The SMILES string of the molecule is COC(=O)c1cc(F)cc2[nH]c(-c3ccc(F)cc3)c(C(=O)CC3CC3)c12. The maximum atomic E-state index is 14.0. The number of ether oxygens (including phenoxy) is 1. The van der Waals surface area contributed by atoms with Gasteiger partial charge >= 0.3 is 5.97 Å². The summed E-state index contributed by atoms with van der Waals surface area (Å²) in [4.78, 5) is 28.3. The van der Waals surface area contributed by atoms with Crippen molar-refractivity contribution >= 4 is 22.7 Å². The van der Waals surface area contributed by atoms with Crippen LogP contribution in [-0.4, -0.2) is 23.8 Å². The second-order valence-corrected chi connectivity index (χ2v) is 6.82. The number of hydrogen-bond donors (Lipinski definition) is 1. The topological polar surface area (TPSA) is 59.2 Å². The number of halogens is 2. The molecule has 1 aliphatic carbocycles. The van der Waals surface area contributed by atoms with Crippen molar-refractivity contribution in [3.63, 3.8) is 0 Å². The summed E-state index contributed by atoms with van der Waals surface area (Å²) < 4.78 is 32.2. The number of carbonyl (C=O) groups is 2. The van der Waals surface area contributed by atoms with Crippen molar-refractivity contribution in [1.29, 1.82) is 0 Å². The normalized spacial score (nSPS) is 13.7. The Hall–Kier alpha value is -3.02. The Bertz CT molecular complexity index is 1050. The molecule has 0 aliphatic heterocycles. The lowest BCUT2D eigenvalue weighted by molar-refractivity contribution is 0.0602. The van der Waals surface area contributed by atoms with Crippen molar-refractivity contribution < 1.29 is 23.1 Å². The average Bonchev–Trinajstić information content (AvgIpc) is 3.38. The van der Waals surface area contributed by atoms with Crippen LogP contribution in [0.5, 0.6) is 0 Å². The maximum Gasteiger partial charge on any atom is 0.338 e. The highest BCUT2D eigenvalue weighted by Crippen LogP contribution is 2.38. The maximum absolute atomic E-state index is 14.0. The standard InChI is InChI=1S/C21H17F2NO3/c1-27-21(26)15-9-14(23)10-16-18(15)19(17(25)8-11-2-3-11)20(24-16)12-4-6-13(22)7-5-12/h4-7,9-11,24H,2-3,8H2,1H3. The fraction of sp³-hybridized carbons (Fsp3) is 0.238. The molecule has 0 unspecified atom stereocenters. The van der Waals surface area contributed by atoms with Crippen molar-refractivity contribution in [3.8, 4) is 11.3 Å². The van der Waals surface area contributed by atoms with E-state index < -0.39 is 17.6 Å². The van der Waals surface area contributed by atoms with E-state index in [1.54, 1.807) is 12.1 Å². The summed E-state index contributed by atoms with van der Waals surface area (Å²) in [7, 11) is 1.21. The van der Waals surface area contributed by atoms with E-state index in [2.05, 4.69) is 4.98 Å². The van der Waals surface area contributed by atoms with Crippen LogP contribution in [0.1, 0.15) is 40.0 Å². The fourth-order valence-corrected chi connectivity index (χ4v) is 3.37. The number of hydrogen-bond acceptors (Lipinski definition) is 3. The molecule has 1 aliphatic rings. The number of esters is 1. The Morgan fingerprint density at radius 2 is 1.81 bits per heavy atom. The molecule has 0 atom stereocenters. The molecule has 3 aromatic rings. The monoisotopic (exact) mass is 369 g/mol. The first-order chi connectivity index (χ1) is 13.0. The molecule has 1 heterocycles. The molecule has 0 bridgehead atoms. The van der Waals surface area contributed by atoms with Gasteiger partial charge in [-0.3, -0.25) is 4.79 Å². The van der Waals surface area contributed by atoms with Gasteiger partial charge in [0.25, 0.3) is 0 Å². The molecule has 1 saturated carbocycles. The molecule has 0 saturated heterocycles. The molecule has 27 heavy (non-hydrogen) atoms. The third-order valence-electron chi connectivity index (χ3n) is 4.85. The van der Waals surface area contributed by atoms with Gasteiger partial charge in [0.05, 0.1) is 29.4 Å². The zero-order chi connectivity index (χ0) is 19.1. The number of benzene rings is 2. The molecule has 1 N–H and O–H groups in total. The highest BCUT2D eigenvalue weighted by molar-refractivity contribution is 6.18. The molecule has 4 rings (SSSR count). The third-order valence-corrected chi connectivity index (χ3v) is 4.85. The quantitative estimate of drug-likeness (QED) is 0.515. The fourth-order valence-electron chi connectivity index (χ4n) is 3.37. The highest BCUT2D eigenvalue weighted by atomic mass is 19.1. The molecule has 1 aromatic heterocycles. The van der Waals surface area contributed by atoms with E-state index in [0.717, 1.165) is 18.9 Å². The summed E-state index contributed by atoms with van der Waals surface area (Å²) in [5.41, 5.74) is 1.68. The number of ketones is 1. The summed E-state index contributed by atoms with van der Waals surface area (Å²) in [5.74, 6) is -1.52. The summed E-state index contributed by atoms with van der Waals surface area (Å²) in [6, 6.07) is 7.98. The zero-order valence-corrected chi connectivity index (χ0v) is 14.6. The van der Waals surface area contributed by atoms with Crippen molar-refractivity contribution in [2.45, 2.75) is 19.3 Å². The molecule has 0 spiro atoms. The molecule has 2 aromatic carbocycles. The van der Waals surface area contributed by atoms with Gasteiger partial charge in [-0.25, -0.2) is 13.6 Å². The Kier molecular flexibility index (Phi) is 4.26. The number of fused-ring (bicyclic) bond motifs is 1. The molecule has 1 fully saturated rings. The van der Waals surface area contributed by atoms with E-state index >= 15 is 0 Å².